The molecule has 0 aliphatic carbocycles. The van der Waals surface area contributed by atoms with Gasteiger partial charge in [-0.25, -0.2) is 4.98 Å². The molecule has 1 unspecified atom stereocenters. The van der Waals surface area contributed by atoms with Crippen LogP contribution < -0.4 is 15.1 Å². The number of alkyl halides is 3. The van der Waals surface area contributed by atoms with Crippen molar-refractivity contribution in [3.8, 4) is 0 Å². The number of aromatic nitrogens is 2. The highest BCUT2D eigenvalue weighted by Gasteiger charge is 2.41. The first-order valence-corrected chi connectivity index (χ1v) is 10.4. The molecule has 12 heteroatoms. The summed E-state index contributed by atoms with van der Waals surface area (Å²) in [6.45, 7) is 5.93. The van der Waals surface area contributed by atoms with Crippen LogP contribution in [0.3, 0.4) is 0 Å². The monoisotopic (exact) mass is 448 g/mol. The number of amides is 1. The van der Waals surface area contributed by atoms with Crippen LogP contribution in [-0.2, 0) is 15.7 Å². The standard InChI is InChI=1S/C18H24ClF3N6O2/c1-11-2-5-28(11)17-24-15(18(20,21)22)14(19)16(25-17)27-8-12(9-27)30-10-13(29)26-6-3-23-4-7-26/h11-12,23H,2-10H2,1H3. The molecule has 1 aromatic rings. The van der Waals surface area contributed by atoms with Gasteiger partial charge < -0.3 is 24.8 Å². The van der Waals surface area contributed by atoms with E-state index in [2.05, 4.69) is 15.3 Å². The summed E-state index contributed by atoms with van der Waals surface area (Å²) in [6, 6.07) is 0.0866. The Balaban J connectivity index is 1.40. The van der Waals surface area contributed by atoms with Crippen LogP contribution in [0.15, 0.2) is 0 Å². The van der Waals surface area contributed by atoms with Crippen molar-refractivity contribution in [2.24, 2.45) is 0 Å². The lowest BCUT2D eigenvalue weighted by Crippen LogP contribution is -2.55. The van der Waals surface area contributed by atoms with Crippen LogP contribution in [0.4, 0.5) is 24.9 Å². The SMILES string of the molecule is CC1CCN1c1nc(N2CC(OCC(=O)N3CCNCC3)C2)c(Cl)c(C(F)(F)F)n1. The van der Waals surface area contributed by atoms with Gasteiger partial charge in [-0.05, 0) is 13.3 Å². The molecule has 1 atom stereocenters. The summed E-state index contributed by atoms with van der Waals surface area (Å²) in [6.07, 6.45) is -4.05. The maximum atomic E-state index is 13.5. The van der Waals surface area contributed by atoms with E-state index >= 15 is 0 Å². The molecule has 0 radical (unpaired) electrons. The molecule has 3 fully saturated rings. The Morgan fingerprint density at radius 3 is 2.50 bits per heavy atom. The van der Waals surface area contributed by atoms with Crippen molar-refractivity contribution in [3.63, 3.8) is 0 Å². The van der Waals surface area contributed by atoms with Gasteiger partial charge >= 0.3 is 6.18 Å². The number of hydrogen-bond acceptors (Lipinski definition) is 7. The molecule has 1 N–H and O–H groups in total. The van der Waals surface area contributed by atoms with Crippen molar-refractivity contribution in [1.82, 2.24) is 20.2 Å². The minimum absolute atomic E-state index is 0.0405. The van der Waals surface area contributed by atoms with E-state index in [1.165, 1.54) is 0 Å². The molecule has 3 aliphatic heterocycles. The smallest absolute Gasteiger partial charge is 0.365 e. The number of anilines is 2. The Kier molecular flexibility index (Phi) is 5.95. The molecule has 8 nitrogen and oxygen atoms in total. The second kappa shape index (κ2) is 8.35. The fraction of sp³-hybridized carbons (Fsp3) is 0.722. The van der Waals surface area contributed by atoms with Crippen molar-refractivity contribution in [3.05, 3.63) is 10.7 Å². The molecular formula is C18H24ClF3N6O2. The van der Waals surface area contributed by atoms with Gasteiger partial charge in [0, 0.05) is 51.9 Å². The van der Waals surface area contributed by atoms with E-state index in [0.29, 0.717) is 32.7 Å². The molecule has 4 heterocycles. The van der Waals surface area contributed by atoms with Gasteiger partial charge in [-0.2, -0.15) is 18.2 Å². The molecule has 1 aromatic heterocycles. The highest BCUT2D eigenvalue weighted by Crippen LogP contribution is 2.40. The summed E-state index contributed by atoms with van der Waals surface area (Å²) < 4.78 is 46.0. The van der Waals surface area contributed by atoms with Crippen molar-refractivity contribution in [2.75, 3.05) is 62.2 Å². The molecule has 166 valence electrons. The predicted octanol–water partition coefficient (Wildman–Crippen LogP) is 1.38. The number of hydrogen-bond donors (Lipinski definition) is 1. The maximum Gasteiger partial charge on any atom is 0.435 e. The minimum Gasteiger partial charge on any atom is -0.365 e. The molecule has 0 aromatic carbocycles. The minimum atomic E-state index is -4.67. The van der Waals surface area contributed by atoms with E-state index in [-0.39, 0.29) is 36.4 Å². The van der Waals surface area contributed by atoms with Crippen LogP contribution in [0.5, 0.6) is 0 Å². The summed E-state index contributed by atoms with van der Waals surface area (Å²) in [5.74, 6) is 0.0172. The molecule has 0 spiro atoms. The Labute approximate surface area is 177 Å². The van der Waals surface area contributed by atoms with Crippen molar-refractivity contribution in [2.45, 2.75) is 31.7 Å². The van der Waals surface area contributed by atoms with Gasteiger partial charge in [0.05, 0.1) is 6.10 Å². The molecular weight excluding hydrogens is 425 g/mol. The number of piperazine rings is 1. The number of nitrogens with one attached hydrogen (secondary N) is 1. The number of carbonyl (C=O) groups excluding carboxylic acids is 1. The summed E-state index contributed by atoms with van der Waals surface area (Å²) >= 11 is 6.04. The van der Waals surface area contributed by atoms with Crippen LogP contribution in [0.1, 0.15) is 19.0 Å². The number of nitrogens with zero attached hydrogens (tertiary/aromatic N) is 5. The van der Waals surface area contributed by atoms with Crippen molar-refractivity contribution < 1.29 is 22.7 Å². The third-order valence-electron chi connectivity index (χ3n) is 5.73. The Morgan fingerprint density at radius 1 is 1.23 bits per heavy atom. The quantitative estimate of drug-likeness (QED) is 0.729. The van der Waals surface area contributed by atoms with Crippen molar-refractivity contribution in [1.29, 1.82) is 0 Å². The summed E-state index contributed by atoms with van der Waals surface area (Å²) in [4.78, 5) is 25.3. The van der Waals surface area contributed by atoms with Gasteiger partial charge in [-0.3, -0.25) is 4.79 Å². The fourth-order valence-corrected chi connectivity index (χ4v) is 3.99. The zero-order valence-electron chi connectivity index (χ0n) is 16.6. The Hall–Kier alpha value is -1.85. The first-order chi connectivity index (χ1) is 14.2. The third kappa shape index (κ3) is 4.28. The van der Waals surface area contributed by atoms with E-state index in [0.717, 1.165) is 19.5 Å². The predicted molar refractivity (Wildman–Crippen MR) is 105 cm³/mol. The summed E-state index contributed by atoms with van der Waals surface area (Å²) in [5, 5.41) is 2.67. The average Bonchev–Trinajstić information content (AvgIpc) is 2.67. The topological polar surface area (TPSA) is 73.8 Å². The Morgan fingerprint density at radius 2 is 1.93 bits per heavy atom. The molecule has 3 saturated heterocycles. The number of halogens is 4. The van der Waals surface area contributed by atoms with Crippen LogP contribution >= 0.6 is 11.6 Å². The van der Waals surface area contributed by atoms with Crippen LogP contribution in [-0.4, -0.2) is 85.3 Å². The second-order valence-corrected chi connectivity index (χ2v) is 8.19. The highest BCUT2D eigenvalue weighted by molar-refractivity contribution is 6.33. The summed E-state index contributed by atoms with van der Waals surface area (Å²) in [7, 11) is 0. The largest absolute Gasteiger partial charge is 0.435 e. The number of carbonyl (C=O) groups is 1. The first kappa shape index (κ1) is 21.4. The number of ether oxygens (including phenoxy) is 1. The fourth-order valence-electron chi connectivity index (χ4n) is 3.67. The summed E-state index contributed by atoms with van der Waals surface area (Å²) in [5.41, 5.74) is -1.12. The van der Waals surface area contributed by atoms with E-state index in [4.69, 9.17) is 16.3 Å². The maximum absolute atomic E-state index is 13.5. The van der Waals surface area contributed by atoms with Gasteiger partial charge in [0.1, 0.15) is 11.6 Å². The normalized spacial score (nSPS) is 22.7. The van der Waals surface area contributed by atoms with E-state index < -0.39 is 16.9 Å². The second-order valence-electron chi connectivity index (χ2n) is 7.81. The van der Waals surface area contributed by atoms with Gasteiger partial charge in [-0.1, -0.05) is 11.6 Å². The number of rotatable bonds is 5. The average molecular weight is 449 g/mol. The van der Waals surface area contributed by atoms with Crippen LogP contribution in [0, 0.1) is 0 Å². The van der Waals surface area contributed by atoms with Gasteiger partial charge in [-0.15, -0.1) is 0 Å². The zero-order valence-corrected chi connectivity index (χ0v) is 17.3. The van der Waals surface area contributed by atoms with E-state index in [1.807, 2.05) is 6.92 Å². The first-order valence-electron chi connectivity index (χ1n) is 10.0. The lowest BCUT2D eigenvalue weighted by Gasteiger charge is -2.42. The lowest BCUT2D eigenvalue weighted by molar-refractivity contribution is -0.141. The molecule has 0 saturated carbocycles. The van der Waals surface area contributed by atoms with Gasteiger partial charge in [0.15, 0.2) is 11.5 Å². The highest BCUT2D eigenvalue weighted by atomic mass is 35.5. The molecule has 1 amide bonds. The molecule has 3 aliphatic rings. The van der Waals surface area contributed by atoms with E-state index in [1.54, 1.807) is 14.7 Å². The van der Waals surface area contributed by atoms with Gasteiger partial charge in [0.2, 0.25) is 11.9 Å². The lowest BCUT2D eigenvalue weighted by atomic mass is 10.1. The van der Waals surface area contributed by atoms with E-state index in [9.17, 15) is 18.0 Å². The van der Waals surface area contributed by atoms with Crippen LogP contribution in [0.2, 0.25) is 5.02 Å². The van der Waals surface area contributed by atoms with Gasteiger partial charge in [0.25, 0.3) is 0 Å². The molecule has 4 rings (SSSR count). The molecule has 30 heavy (non-hydrogen) atoms. The Bertz CT molecular complexity index is 799. The molecule has 0 bridgehead atoms. The third-order valence-corrected chi connectivity index (χ3v) is 6.07. The zero-order chi connectivity index (χ0) is 21.5. The van der Waals surface area contributed by atoms with Crippen LogP contribution in [0.25, 0.3) is 0 Å². The van der Waals surface area contributed by atoms with Crippen molar-refractivity contribution >= 4 is 29.3 Å².